The standard InChI is InChI=1S/C31H34Cl3N3O4S/c1-21-11-17-26(18-12-21)42(40,41)37(25-15-13-23(32)14-16-25)20-30(38)36(19-27-28(33)9-6-10-29(27)34)22(2)31(39)35-24-7-4-3-5-8-24/h6,9-18,22,24H,3-5,7-8,19-20H2,1-2H3,(H,35,39)/t22-/m1/s1. The van der Waals surface area contributed by atoms with Crippen LogP contribution in [0.5, 0.6) is 0 Å². The van der Waals surface area contributed by atoms with Crippen molar-refractivity contribution in [3.8, 4) is 0 Å². The Morgan fingerprint density at radius 3 is 2.10 bits per heavy atom. The molecule has 0 bridgehead atoms. The molecule has 1 atom stereocenters. The summed E-state index contributed by atoms with van der Waals surface area (Å²) in [5.74, 6) is -0.916. The summed E-state index contributed by atoms with van der Waals surface area (Å²) in [4.78, 5) is 28.9. The lowest BCUT2D eigenvalue weighted by Gasteiger charge is -2.33. The van der Waals surface area contributed by atoms with Crippen molar-refractivity contribution in [2.45, 2.75) is 69.5 Å². The van der Waals surface area contributed by atoms with Gasteiger partial charge in [0.25, 0.3) is 10.0 Å². The lowest BCUT2D eigenvalue weighted by atomic mass is 9.95. The van der Waals surface area contributed by atoms with Crippen LogP contribution in [0.2, 0.25) is 15.1 Å². The maximum absolute atomic E-state index is 14.1. The van der Waals surface area contributed by atoms with Gasteiger partial charge in [0.2, 0.25) is 11.8 Å². The smallest absolute Gasteiger partial charge is 0.264 e. The zero-order valence-electron chi connectivity index (χ0n) is 23.5. The number of aryl methyl sites for hydroxylation is 1. The molecule has 4 rings (SSSR count). The van der Waals surface area contributed by atoms with Gasteiger partial charge in [0.15, 0.2) is 0 Å². The number of sulfonamides is 1. The van der Waals surface area contributed by atoms with Crippen molar-refractivity contribution in [1.82, 2.24) is 10.2 Å². The van der Waals surface area contributed by atoms with Crippen LogP contribution in [-0.4, -0.2) is 43.8 Å². The predicted molar refractivity (Wildman–Crippen MR) is 169 cm³/mol. The predicted octanol–water partition coefficient (Wildman–Crippen LogP) is 7.02. The van der Waals surface area contributed by atoms with Crippen LogP contribution in [-0.2, 0) is 26.2 Å². The van der Waals surface area contributed by atoms with Crippen LogP contribution in [0.15, 0.2) is 71.6 Å². The van der Waals surface area contributed by atoms with Gasteiger partial charge in [-0.1, -0.05) is 77.8 Å². The topological polar surface area (TPSA) is 86.8 Å². The number of rotatable bonds is 10. The van der Waals surface area contributed by atoms with E-state index in [0.29, 0.717) is 20.6 Å². The number of benzene rings is 3. The van der Waals surface area contributed by atoms with Gasteiger partial charge in [0.05, 0.1) is 10.6 Å². The number of carbonyl (C=O) groups is 2. The van der Waals surface area contributed by atoms with Crippen LogP contribution in [0.4, 0.5) is 5.69 Å². The third-order valence-corrected chi connectivity index (χ3v) is 10.3. The zero-order chi connectivity index (χ0) is 30.4. The molecule has 0 spiro atoms. The summed E-state index contributed by atoms with van der Waals surface area (Å²) >= 11 is 19.0. The van der Waals surface area contributed by atoms with Crippen LogP contribution in [0, 0.1) is 6.92 Å². The van der Waals surface area contributed by atoms with E-state index < -0.39 is 28.5 Å². The van der Waals surface area contributed by atoms with Gasteiger partial charge < -0.3 is 10.2 Å². The lowest BCUT2D eigenvalue weighted by molar-refractivity contribution is -0.139. The molecule has 1 N–H and O–H groups in total. The highest BCUT2D eigenvalue weighted by molar-refractivity contribution is 7.92. The minimum atomic E-state index is -4.18. The van der Waals surface area contributed by atoms with E-state index in [1.807, 2.05) is 6.92 Å². The molecule has 3 aromatic carbocycles. The molecular formula is C31H34Cl3N3O4S. The number of carbonyl (C=O) groups excluding carboxylic acids is 2. The minimum absolute atomic E-state index is 0.0274. The first-order chi connectivity index (χ1) is 20.0. The van der Waals surface area contributed by atoms with Gasteiger partial charge in [0, 0.05) is 33.2 Å². The van der Waals surface area contributed by atoms with Crippen molar-refractivity contribution in [3.05, 3.63) is 92.9 Å². The number of anilines is 1. The summed E-state index contributed by atoms with van der Waals surface area (Å²) in [5.41, 5.74) is 1.61. The van der Waals surface area contributed by atoms with Crippen molar-refractivity contribution in [2.24, 2.45) is 0 Å². The van der Waals surface area contributed by atoms with Gasteiger partial charge in [-0.2, -0.15) is 0 Å². The Hall–Kier alpha value is -2.78. The zero-order valence-corrected chi connectivity index (χ0v) is 26.6. The summed E-state index contributed by atoms with van der Waals surface area (Å²) in [5, 5.41) is 4.16. The highest BCUT2D eigenvalue weighted by atomic mass is 35.5. The van der Waals surface area contributed by atoms with E-state index in [0.717, 1.165) is 42.0 Å². The van der Waals surface area contributed by atoms with Gasteiger partial charge >= 0.3 is 0 Å². The van der Waals surface area contributed by atoms with E-state index in [-0.39, 0.29) is 29.1 Å². The number of hydrogen-bond acceptors (Lipinski definition) is 4. The molecule has 0 aliphatic heterocycles. The van der Waals surface area contributed by atoms with Crippen LogP contribution in [0.3, 0.4) is 0 Å². The van der Waals surface area contributed by atoms with E-state index in [1.165, 1.54) is 29.2 Å². The van der Waals surface area contributed by atoms with Crippen molar-refractivity contribution in [1.29, 1.82) is 0 Å². The summed E-state index contributed by atoms with van der Waals surface area (Å²) in [7, 11) is -4.18. The Morgan fingerprint density at radius 2 is 1.50 bits per heavy atom. The summed E-state index contributed by atoms with van der Waals surface area (Å²) in [6.07, 6.45) is 4.95. The van der Waals surface area contributed by atoms with E-state index in [2.05, 4.69) is 5.32 Å². The number of amides is 2. The fourth-order valence-electron chi connectivity index (χ4n) is 4.98. The molecule has 0 heterocycles. The lowest BCUT2D eigenvalue weighted by Crippen LogP contribution is -2.53. The van der Waals surface area contributed by atoms with Crippen molar-refractivity contribution in [3.63, 3.8) is 0 Å². The van der Waals surface area contributed by atoms with Crippen molar-refractivity contribution in [2.75, 3.05) is 10.8 Å². The maximum Gasteiger partial charge on any atom is 0.264 e. The van der Waals surface area contributed by atoms with Crippen LogP contribution in [0.1, 0.15) is 50.2 Å². The second kappa shape index (κ2) is 14.1. The highest BCUT2D eigenvalue weighted by Gasteiger charge is 2.33. The first kappa shape index (κ1) is 32.1. The fourth-order valence-corrected chi connectivity index (χ4v) is 7.04. The molecule has 11 heteroatoms. The van der Waals surface area contributed by atoms with E-state index in [9.17, 15) is 18.0 Å². The van der Waals surface area contributed by atoms with Crippen LogP contribution >= 0.6 is 34.8 Å². The van der Waals surface area contributed by atoms with Crippen LogP contribution in [0.25, 0.3) is 0 Å². The van der Waals surface area contributed by atoms with Gasteiger partial charge in [-0.15, -0.1) is 0 Å². The molecule has 1 aliphatic rings. The molecule has 0 radical (unpaired) electrons. The average Bonchev–Trinajstić information content (AvgIpc) is 2.96. The number of hydrogen-bond donors (Lipinski definition) is 1. The normalized spacial score (nSPS) is 14.7. The Labute approximate surface area is 262 Å². The Morgan fingerprint density at radius 1 is 0.905 bits per heavy atom. The molecular weight excluding hydrogens is 617 g/mol. The molecule has 42 heavy (non-hydrogen) atoms. The summed E-state index contributed by atoms with van der Waals surface area (Å²) in [6, 6.07) is 16.7. The Bertz CT molecular complexity index is 1490. The number of halogens is 3. The SMILES string of the molecule is Cc1ccc(S(=O)(=O)N(CC(=O)N(Cc2c(Cl)cccc2Cl)[C@H](C)C(=O)NC2CCCCC2)c2ccc(Cl)cc2)cc1. The molecule has 1 fully saturated rings. The van der Waals surface area contributed by atoms with Gasteiger partial charge in [-0.05, 0) is 75.2 Å². The number of nitrogens with one attached hydrogen (secondary N) is 1. The molecule has 2 amide bonds. The molecule has 1 aliphatic carbocycles. The quantitative estimate of drug-likeness (QED) is 0.256. The summed E-state index contributed by atoms with van der Waals surface area (Å²) in [6.45, 7) is 2.83. The van der Waals surface area contributed by atoms with Crippen LogP contribution < -0.4 is 9.62 Å². The second-order valence-corrected chi connectivity index (χ2v) is 13.7. The molecule has 3 aromatic rings. The van der Waals surface area contributed by atoms with Gasteiger partial charge in [-0.3, -0.25) is 13.9 Å². The molecule has 224 valence electrons. The Kier molecular flexibility index (Phi) is 10.8. The monoisotopic (exact) mass is 649 g/mol. The van der Waals surface area contributed by atoms with E-state index in [4.69, 9.17) is 34.8 Å². The maximum atomic E-state index is 14.1. The first-order valence-corrected chi connectivity index (χ1v) is 16.4. The Balaban J connectivity index is 1.70. The number of nitrogens with zero attached hydrogens (tertiary/aromatic N) is 2. The molecule has 0 aromatic heterocycles. The van der Waals surface area contributed by atoms with Crippen molar-refractivity contribution < 1.29 is 18.0 Å². The largest absolute Gasteiger partial charge is 0.352 e. The minimum Gasteiger partial charge on any atom is -0.352 e. The molecule has 7 nitrogen and oxygen atoms in total. The molecule has 0 saturated heterocycles. The van der Waals surface area contributed by atoms with Gasteiger partial charge in [-0.25, -0.2) is 8.42 Å². The third kappa shape index (κ3) is 7.78. The summed E-state index contributed by atoms with van der Waals surface area (Å²) < 4.78 is 28.9. The molecule has 1 saturated carbocycles. The second-order valence-electron chi connectivity index (χ2n) is 10.5. The fraction of sp³-hybridized carbons (Fsp3) is 0.355. The third-order valence-electron chi connectivity index (χ3n) is 7.51. The first-order valence-electron chi connectivity index (χ1n) is 13.8. The van der Waals surface area contributed by atoms with E-state index in [1.54, 1.807) is 49.4 Å². The van der Waals surface area contributed by atoms with Crippen molar-refractivity contribution >= 4 is 62.3 Å². The van der Waals surface area contributed by atoms with E-state index >= 15 is 0 Å². The molecule has 0 unspecified atom stereocenters. The van der Waals surface area contributed by atoms with Gasteiger partial charge in [0.1, 0.15) is 12.6 Å². The average molecular weight is 651 g/mol. The highest BCUT2D eigenvalue weighted by Crippen LogP contribution is 2.29.